The molecule has 64 heavy (non-hydrogen) atoms. The van der Waals surface area contributed by atoms with Crippen LogP contribution in [0.3, 0.4) is 0 Å². The molecule has 0 N–H and O–H groups in total. The van der Waals surface area contributed by atoms with Gasteiger partial charge >= 0.3 is 20.1 Å². The molecule has 0 amide bonds. The van der Waals surface area contributed by atoms with Crippen molar-refractivity contribution in [2.75, 3.05) is 0 Å². The first kappa shape index (κ1) is 41.8. The van der Waals surface area contributed by atoms with Gasteiger partial charge in [-0.25, -0.2) is 0 Å². The number of rotatable bonds is 9. The molecule has 0 aliphatic rings. The largest absolute Gasteiger partial charge is 3.00 e. The SMILES string of the molecule is Fc1c[c-]c(-c2ccc(-c3ccccc3-c3cc(-c4ccccc4-c4ccc(-c5[c-]cc(F)cc5)nc4)cc(-c4ccccc4-c4ccc(-c5[c-]cc(F)cc5)nc4)c3)cn2)cc1.[Ir+3]. The first-order chi connectivity index (χ1) is 30.9. The molecule has 3 aromatic heterocycles. The zero-order valence-corrected chi connectivity index (χ0v) is 36.3. The van der Waals surface area contributed by atoms with E-state index in [0.717, 1.165) is 66.8 Å². The van der Waals surface area contributed by atoms with E-state index in [1.807, 2.05) is 91.4 Å². The van der Waals surface area contributed by atoms with Crippen LogP contribution >= 0.6 is 0 Å². The van der Waals surface area contributed by atoms with Gasteiger partial charge < -0.3 is 15.0 Å². The molecular formula is C57H33F3IrN3. The quantitative estimate of drug-likeness (QED) is 0.135. The van der Waals surface area contributed by atoms with Crippen molar-refractivity contribution in [3.05, 3.63) is 236 Å². The Labute approximate surface area is 383 Å². The summed E-state index contributed by atoms with van der Waals surface area (Å²) in [6, 6.07) is 65.6. The standard InChI is InChI=1S/C57H33F3N3.Ir/c58-46-22-13-37(14-23-46)55-28-19-40(34-61-55)49-7-1-4-10-52(49)43-31-44(53-11-5-2-8-50(53)41-20-29-56(62-35-41)38-15-24-47(59)25-16-38)33-45(32-43)54-12-6-3-9-51(54)42-21-30-57(63-36-42)39-17-26-48(60)27-18-39;/h1-13,15,17,19-36H;/q-3;+3. The molecule has 0 aliphatic carbocycles. The van der Waals surface area contributed by atoms with Crippen LogP contribution in [-0.2, 0) is 20.1 Å². The Kier molecular flexibility index (Phi) is 12.0. The molecule has 7 heteroatoms. The predicted molar refractivity (Wildman–Crippen MR) is 245 cm³/mol. The Balaban J connectivity index is 0.00000518. The molecule has 10 aromatic rings. The molecule has 0 aliphatic heterocycles. The van der Waals surface area contributed by atoms with E-state index in [0.29, 0.717) is 33.8 Å². The van der Waals surface area contributed by atoms with Gasteiger partial charge in [0.05, 0.1) is 0 Å². The van der Waals surface area contributed by atoms with Gasteiger partial charge in [0, 0.05) is 36.0 Å². The van der Waals surface area contributed by atoms with E-state index in [1.165, 1.54) is 36.4 Å². The number of benzene rings is 7. The van der Waals surface area contributed by atoms with Crippen LogP contribution in [0, 0.1) is 35.7 Å². The Hall–Kier alpha value is -7.57. The second kappa shape index (κ2) is 18.4. The van der Waals surface area contributed by atoms with Crippen LogP contribution in [0.2, 0.25) is 0 Å². The van der Waals surface area contributed by atoms with Crippen molar-refractivity contribution in [2.24, 2.45) is 0 Å². The van der Waals surface area contributed by atoms with Crippen LogP contribution in [-0.4, -0.2) is 15.0 Å². The molecule has 0 fully saturated rings. The number of aromatic nitrogens is 3. The van der Waals surface area contributed by atoms with Crippen LogP contribution < -0.4 is 0 Å². The summed E-state index contributed by atoms with van der Waals surface area (Å²) in [5.41, 5.74) is 16.1. The Morgan fingerprint density at radius 1 is 0.297 bits per heavy atom. The predicted octanol–water partition coefficient (Wildman–Crippen LogP) is 14.7. The smallest absolute Gasteiger partial charge is 0.304 e. The van der Waals surface area contributed by atoms with E-state index < -0.39 is 0 Å². The van der Waals surface area contributed by atoms with Crippen LogP contribution in [0.15, 0.2) is 201 Å². The van der Waals surface area contributed by atoms with Gasteiger partial charge in [0.25, 0.3) is 0 Å². The molecule has 0 saturated heterocycles. The summed E-state index contributed by atoms with van der Waals surface area (Å²) in [4.78, 5) is 14.3. The normalized spacial score (nSPS) is 10.9. The molecule has 3 heterocycles. The second-order valence-corrected chi connectivity index (χ2v) is 15.0. The molecule has 0 atom stereocenters. The topological polar surface area (TPSA) is 38.7 Å². The van der Waals surface area contributed by atoms with Gasteiger partial charge in [-0.05, 0) is 102 Å². The van der Waals surface area contributed by atoms with Gasteiger partial charge in [0.1, 0.15) is 0 Å². The zero-order chi connectivity index (χ0) is 42.7. The first-order valence-electron chi connectivity index (χ1n) is 20.3. The number of hydrogen-bond acceptors (Lipinski definition) is 3. The molecule has 7 aromatic carbocycles. The van der Waals surface area contributed by atoms with E-state index >= 15 is 0 Å². The summed E-state index contributed by atoms with van der Waals surface area (Å²) >= 11 is 0. The van der Waals surface area contributed by atoms with Crippen molar-refractivity contribution < 1.29 is 33.3 Å². The van der Waals surface area contributed by atoms with E-state index in [-0.39, 0.29) is 37.6 Å². The van der Waals surface area contributed by atoms with Crippen molar-refractivity contribution in [2.45, 2.75) is 0 Å². The fourth-order valence-corrected chi connectivity index (χ4v) is 7.89. The summed E-state index contributed by atoms with van der Waals surface area (Å²) in [5, 5.41) is 0. The monoisotopic (exact) mass is 1010 g/mol. The van der Waals surface area contributed by atoms with Crippen LogP contribution in [0.5, 0.6) is 0 Å². The minimum Gasteiger partial charge on any atom is -0.304 e. The van der Waals surface area contributed by atoms with Crippen LogP contribution in [0.25, 0.3) is 101 Å². The van der Waals surface area contributed by atoms with E-state index in [9.17, 15) is 13.2 Å². The molecule has 0 radical (unpaired) electrons. The molecule has 3 nitrogen and oxygen atoms in total. The molecule has 0 bridgehead atoms. The van der Waals surface area contributed by atoms with Crippen molar-refractivity contribution in [1.82, 2.24) is 15.0 Å². The van der Waals surface area contributed by atoms with Gasteiger partial charge in [-0.3, -0.25) is 13.2 Å². The molecule has 306 valence electrons. The Bertz CT molecular complexity index is 2850. The van der Waals surface area contributed by atoms with Crippen molar-refractivity contribution >= 4 is 0 Å². The fraction of sp³-hybridized carbons (Fsp3) is 0. The van der Waals surface area contributed by atoms with Gasteiger partial charge in [0.15, 0.2) is 0 Å². The molecule has 10 rings (SSSR count). The van der Waals surface area contributed by atoms with Crippen LogP contribution in [0.4, 0.5) is 13.2 Å². The number of hydrogen-bond donors (Lipinski definition) is 0. The Morgan fingerprint density at radius 3 is 0.781 bits per heavy atom. The van der Waals surface area contributed by atoms with E-state index in [2.05, 4.69) is 72.8 Å². The minimum absolute atomic E-state index is 0. The first-order valence-corrected chi connectivity index (χ1v) is 20.3. The summed E-state index contributed by atoms with van der Waals surface area (Å²) in [5.74, 6) is -1.04. The number of pyridine rings is 3. The van der Waals surface area contributed by atoms with Crippen molar-refractivity contribution in [3.63, 3.8) is 0 Å². The summed E-state index contributed by atoms with van der Waals surface area (Å²) in [6.07, 6.45) is 5.55. The average molecular weight is 1010 g/mol. The third-order valence-electron chi connectivity index (χ3n) is 11.0. The molecule has 0 unspecified atom stereocenters. The molecule has 0 saturated carbocycles. The van der Waals surface area contributed by atoms with Gasteiger partial charge in [-0.15, -0.1) is 89.5 Å². The summed E-state index contributed by atoms with van der Waals surface area (Å²) < 4.78 is 41.0. The molecular weight excluding hydrogens is 976 g/mol. The summed E-state index contributed by atoms with van der Waals surface area (Å²) in [6.45, 7) is 0. The third kappa shape index (κ3) is 8.73. The van der Waals surface area contributed by atoms with Crippen LogP contribution in [0.1, 0.15) is 0 Å². The molecule has 0 spiro atoms. The maximum atomic E-state index is 13.7. The van der Waals surface area contributed by atoms with Gasteiger partial charge in [-0.2, -0.15) is 0 Å². The number of nitrogens with zero attached hydrogens (tertiary/aromatic N) is 3. The maximum Gasteiger partial charge on any atom is 3.00 e. The zero-order valence-electron chi connectivity index (χ0n) is 33.9. The average Bonchev–Trinajstić information content (AvgIpc) is 3.35. The van der Waals surface area contributed by atoms with Gasteiger partial charge in [0.2, 0.25) is 0 Å². The third-order valence-corrected chi connectivity index (χ3v) is 11.0. The van der Waals surface area contributed by atoms with E-state index in [1.54, 1.807) is 18.2 Å². The maximum absolute atomic E-state index is 13.7. The van der Waals surface area contributed by atoms with Crippen molar-refractivity contribution in [3.8, 4) is 101 Å². The number of halogens is 3. The van der Waals surface area contributed by atoms with Gasteiger partial charge in [-0.1, -0.05) is 109 Å². The Morgan fingerprint density at radius 2 is 0.562 bits per heavy atom. The second-order valence-electron chi connectivity index (χ2n) is 15.0. The summed E-state index contributed by atoms with van der Waals surface area (Å²) in [7, 11) is 0. The van der Waals surface area contributed by atoms with Crippen molar-refractivity contribution in [1.29, 1.82) is 0 Å². The minimum atomic E-state index is -0.346. The van der Waals surface area contributed by atoms with E-state index in [4.69, 9.17) is 15.0 Å². The fourth-order valence-electron chi connectivity index (χ4n) is 7.89.